The lowest BCUT2D eigenvalue weighted by molar-refractivity contribution is -0.147. The van der Waals surface area contributed by atoms with E-state index in [-0.39, 0.29) is 31.3 Å². The van der Waals surface area contributed by atoms with Crippen molar-refractivity contribution in [3.8, 4) is 11.4 Å². The molecule has 4 rings (SSSR count). The predicted octanol–water partition coefficient (Wildman–Crippen LogP) is 4.50. The fourth-order valence-corrected chi connectivity index (χ4v) is 4.81. The van der Waals surface area contributed by atoms with Crippen molar-refractivity contribution in [1.29, 1.82) is 0 Å². The Morgan fingerprint density at radius 1 is 1.00 bits per heavy atom. The smallest absolute Gasteiger partial charge is 0.311 e. The van der Waals surface area contributed by atoms with Crippen LogP contribution in [0.3, 0.4) is 0 Å². The van der Waals surface area contributed by atoms with Crippen molar-refractivity contribution in [3.63, 3.8) is 0 Å². The molecule has 1 saturated heterocycles. The normalized spacial score (nSPS) is 15.4. The first kappa shape index (κ1) is 24.3. The van der Waals surface area contributed by atoms with Gasteiger partial charge in [-0.05, 0) is 69.2 Å². The van der Waals surface area contributed by atoms with Crippen LogP contribution in [0.2, 0.25) is 0 Å². The summed E-state index contributed by atoms with van der Waals surface area (Å²) in [5.41, 5.74) is 6.14. The molecule has 7 nitrogen and oxygen atoms in total. The van der Waals surface area contributed by atoms with E-state index in [9.17, 15) is 14.4 Å². The standard InChI is InChI=1S/C28H30N2O5/c1-17-10-18(2)12-22(11-17)30-19(3)13-23(20(30)4)25(31)16-35-28(33)21-14-27(32)29(15-21)24-8-6-7-9-26(24)34-5/h6-13,21H,14-16H2,1-5H3/t21-/m1/s1. The van der Waals surface area contributed by atoms with Crippen molar-refractivity contribution in [2.75, 3.05) is 25.2 Å². The number of esters is 1. The zero-order chi connectivity index (χ0) is 25.3. The minimum absolute atomic E-state index is 0.0340. The van der Waals surface area contributed by atoms with Gasteiger partial charge in [0.2, 0.25) is 11.7 Å². The molecule has 1 amide bonds. The number of ether oxygens (including phenoxy) is 2. The molecule has 3 aromatic rings. The van der Waals surface area contributed by atoms with Gasteiger partial charge >= 0.3 is 5.97 Å². The number of nitrogens with zero attached hydrogens (tertiary/aromatic N) is 2. The van der Waals surface area contributed by atoms with E-state index >= 15 is 0 Å². The molecule has 2 heterocycles. The summed E-state index contributed by atoms with van der Waals surface area (Å²) in [5.74, 6) is -1.08. The molecular weight excluding hydrogens is 444 g/mol. The van der Waals surface area contributed by atoms with E-state index in [2.05, 4.69) is 18.2 Å². The number of Topliss-reactive ketones (excluding diaryl/α,β-unsaturated/α-hetero) is 1. The summed E-state index contributed by atoms with van der Waals surface area (Å²) < 4.78 is 12.7. The van der Waals surface area contributed by atoms with Gasteiger partial charge in [0.1, 0.15) is 5.75 Å². The molecule has 1 atom stereocenters. The Morgan fingerprint density at radius 3 is 2.37 bits per heavy atom. The highest BCUT2D eigenvalue weighted by Gasteiger charge is 2.37. The van der Waals surface area contributed by atoms with Crippen molar-refractivity contribution >= 4 is 23.3 Å². The lowest BCUT2D eigenvalue weighted by Gasteiger charge is -2.19. The number of benzene rings is 2. The van der Waals surface area contributed by atoms with E-state index in [0.717, 1.165) is 28.2 Å². The number of aromatic nitrogens is 1. The van der Waals surface area contributed by atoms with Gasteiger partial charge in [0.05, 0.1) is 18.7 Å². The number of amides is 1. The third-order valence-corrected chi connectivity index (χ3v) is 6.38. The summed E-state index contributed by atoms with van der Waals surface area (Å²) in [7, 11) is 1.54. The third kappa shape index (κ3) is 4.85. The van der Waals surface area contributed by atoms with Crippen molar-refractivity contribution < 1.29 is 23.9 Å². The van der Waals surface area contributed by atoms with E-state index in [1.54, 1.807) is 12.1 Å². The van der Waals surface area contributed by atoms with Crippen LogP contribution in [0.15, 0.2) is 48.5 Å². The molecule has 182 valence electrons. The van der Waals surface area contributed by atoms with Gasteiger partial charge < -0.3 is 18.9 Å². The van der Waals surface area contributed by atoms with Crippen LogP contribution in [0.1, 0.15) is 39.3 Å². The summed E-state index contributed by atoms with van der Waals surface area (Å²) in [6.07, 6.45) is 0.0340. The highest BCUT2D eigenvalue weighted by molar-refractivity contribution is 6.02. The Bertz CT molecular complexity index is 1290. The van der Waals surface area contributed by atoms with Crippen LogP contribution < -0.4 is 9.64 Å². The predicted molar refractivity (Wildman–Crippen MR) is 133 cm³/mol. The molecular formula is C28H30N2O5. The Hall–Kier alpha value is -3.87. The second-order valence-corrected chi connectivity index (χ2v) is 9.07. The summed E-state index contributed by atoms with van der Waals surface area (Å²) >= 11 is 0. The van der Waals surface area contributed by atoms with E-state index in [4.69, 9.17) is 9.47 Å². The Morgan fingerprint density at radius 2 is 1.69 bits per heavy atom. The van der Waals surface area contributed by atoms with Gasteiger partial charge in [-0.2, -0.15) is 0 Å². The van der Waals surface area contributed by atoms with Crippen LogP contribution in [0, 0.1) is 33.6 Å². The van der Waals surface area contributed by atoms with Gasteiger partial charge in [-0.15, -0.1) is 0 Å². The number of carbonyl (C=O) groups excluding carboxylic acids is 3. The topological polar surface area (TPSA) is 77.8 Å². The first-order valence-corrected chi connectivity index (χ1v) is 11.6. The zero-order valence-corrected chi connectivity index (χ0v) is 20.8. The molecule has 0 spiro atoms. The van der Waals surface area contributed by atoms with Crippen molar-refractivity contribution in [2.45, 2.75) is 34.1 Å². The molecule has 1 aromatic heterocycles. The quantitative estimate of drug-likeness (QED) is 0.372. The second kappa shape index (κ2) is 9.78. The summed E-state index contributed by atoms with van der Waals surface area (Å²) in [6, 6.07) is 15.2. The minimum atomic E-state index is -0.636. The van der Waals surface area contributed by atoms with Crippen LogP contribution in [-0.4, -0.2) is 42.5 Å². The van der Waals surface area contributed by atoms with Crippen molar-refractivity contribution in [2.24, 2.45) is 5.92 Å². The number of hydrogen-bond acceptors (Lipinski definition) is 5. The monoisotopic (exact) mass is 474 g/mol. The first-order valence-electron chi connectivity index (χ1n) is 11.6. The van der Waals surface area contributed by atoms with Crippen LogP contribution in [0.25, 0.3) is 5.69 Å². The maximum absolute atomic E-state index is 13.0. The number of aryl methyl sites for hydroxylation is 3. The number of rotatable bonds is 7. The largest absolute Gasteiger partial charge is 0.495 e. The average Bonchev–Trinajstić information content (AvgIpc) is 3.35. The molecule has 2 aromatic carbocycles. The first-order chi connectivity index (χ1) is 16.7. The number of hydrogen-bond donors (Lipinski definition) is 0. The summed E-state index contributed by atoms with van der Waals surface area (Å²) in [5, 5.41) is 0. The maximum Gasteiger partial charge on any atom is 0.311 e. The number of anilines is 1. The highest BCUT2D eigenvalue weighted by atomic mass is 16.5. The molecule has 0 unspecified atom stereocenters. The molecule has 0 bridgehead atoms. The molecule has 0 radical (unpaired) electrons. The fraction of sp³-hybridized carbons (Fsp3) is 0.321. The number of ketones is 1. The van der Waals surface area contributed by atoms with Gasteiger partial charge in [-0.25, -0.2) is 0 Å². The molecule has 35 heavy (non-hydrogen) atoms. The summed E-state index contributed by atoms with van der Waals surface area (Å²) in [6.45, 7) is 7.74. The average molecular weight is 475 g/mol. The Labute approximate surface area is 205 Å². The lowest BCUT2D eigenvalue weighted by Crippen LogP contribution is -2.27. The Balaban J connectivity index is 1.44. The van der Waals surface area contributed by atoms with E-state index in [1.165, 1.54) is 12.0 Å². The molecule has 0 aliphatic carbocycles. The molecule has 7 heteroatoms. The lowest BCUT2D eigenvalue weighted by atomic mass is 10.1. The number of para-hydroxylation sites is 2. The molecule has 1 aliphatic rings. The fourth-order valence-electron chi connectivity index (χ4n) is 4.81. The van der Waals surface area contributed by atoms with Gasteiger partial charge in [0.15, 0.2) is 6.61 Å². The van der Waals surface area contributed by atoms with Crippen LogP contribution >= 0.6 is 0 Å². The van der Waals surface area contributed by atoms with Crippen LogP contribution in [0.4, 0.5) is 5.69 Å². The van der Waals surface area contributed by atoms with Crippen LogP contribution in [-0.2, 0) is 14.3 Å². The highest BCUT2D eigenvalue weighted by Crippen LogP contribution is 2.33. The van der Waals surface area contributed by atoms with E-state index in [1.807, 2.05) is 50.5 Å². The van der Waals surface area contributed by atoms with E-state index in [0.29, 0.717) is 17.0 Å². The Kier molecular flexibility index (Phi) is 6.78. The van der Waals surface area contributed by atoms with Crippen molar-refractivity contribution in [1.82, 2.24) is 4.57 Å². The second-order valence-electron chi connectivity index (χ2n) is 9.07. The number of methoxy groups -OCH3 is 1. The molecule has 1 fully saturated rings. The zero-order valence-electron chi connectivity index (χ0n) is 20.8. The number of carbonyl (C=O) groups is 3. The van der Waals surface area contributed by atoms with Gasteiger partial charge in [0, 0.05) is 35.6 Å². The van der Waals surface area contributed by atoms with Crippen molar-refractivity contribution in [3.05, 3.63) is 76.6 Å². The minimum Gasteiger partial charge on any atom is -0.495 e. The molecule has 0 N–H and O–H groups in total. The SMILES string of the molecule is COc1ccccc1N1C[C@H](C(=O)OCC(=O)c2cc(C)n(-c3cc(C)cc(C)c3)c2C)CC1=O. The van der Waals surface area contributed by atoms with Gasteiger partial charge in [-0.3, -0.25) is 14.4 Å². The summed E-state index contributed by atoms with van der Waals surface area (Å²) in [4.78, 5) is 39.8. The maximum atomic E-state index is 13.0. The van der Waals surface area contributed by atoms with Gasteiger partial charge in [-0.1, -0.05) is 18.2 Å². The van der Waals surface area contributed by atoms with Gasteiger partial charge in [0.25, 0.3) is 0 Å². The molecule has 1 aliphatic heterocycles. The van der Waals surface area contributed by atoms with E-state index < -0.39 is 11.9 Å². The van der Waals surface area contributed by atoms with Crippen LogP contribution in [0.5, 0.6) is 5.75 Å². The third-order valence-electron chi connectivity index (χ3n) is 6.38. The molecule has 0 saturated carbocycles.